The van der Waals surface area contributed by atoms with Gasteiger partial charge in [-0.2, -0.15) is 0 Å². The highest BCUT2D eigenvalue weighted by Crippen LogP contribution is 2.40. The molecule has 13 heavy (non-hydrogen) atoms. The van der Waals surface area contributed by atoms with E-state index in [1.54, 1.807) is 13.1 Å². The van der Waals surface area contributed by atoms with Gasteiger partial charge in [0.2, 0.25) is 0 Å². The van der Waals surface area contributed by atoms with E-state index in [4.69, 9.17) is 11.6 Å². The number of halogens is 2. The number of hydrogen-bond donors (Lipinski definition) is 0. The molecule has 68 valence electrons. The highest BCUT2D eigenvalue weighted by atomic mass is 35.5. The van der Waals surface area contributed by atoms with Crippen LogP contribution in [0.1, 0.15) is 12.5 Å². The van der Waals surface area contributed by atoms with Crippen LogP contribution in [0.15, 0.2) is 29.3 Å². The van der Waals surface area contributed by atoms with Gasteiger partial charge in [0.15, 0.2) is 5.63 Å². The van der Waals surface area contributed by atoms with E-state index in [0.29, 0.717) is 0 Å². The van der Waals surface area contributed by atoms with E-state index in [9.17, 15) is 4.39 Å². The van der Waals surface area contributed by atoms with Crippen molar-refractivity contribution in [2.24, 2.45) is 4.99 Å². The molecule has 0 radical (unpaired) electrons. The average molecular weight is 198 g/mol. The van der Waals surface area contributed by atoms with Crippen molar-refractivity contribution in [1.29, 1.82) is 0 Å². The Labute approximate surface area is 81.2 Å². The molecule has 0 aliphatic carbocycles. The number of fused-ring (bicyclic) bond motifs is 1. The summed E-state index contributed by atoms with van der Waals surface area (Å²) in [6.45, 7) is 1.75. The van der Waals surface area contributed by atoms with Gasteiger partial charge in [-0.25, -0.2) is 4.39 Å². The third-order valence-corrected chi connectivity index (χ3v) is 2.86. The summed E-state index contributed by atoms with van der Waals surface area (Å²) in [6.07, 6.45) is 1.58. The summed E-state index contributed by atoms with van der Waals surface area (Å²) in [5, 5.41) is 0. The first-order valence-corrected chi connectivity index (χ1v) is 4.51. The normalized spacial score (nSPS) is 27.3. The monoisotopic (exact) mass is 197 g/mol. The molecule has 0 saturated heterocycles. The molecule has 1 aromatic carbocycles. The van der Waals surface area contributed by atoms with Gasteiger partial charge in [-0.15, -0.1) is 0 Å². The molecule has 1 aliphatic rings. The number of nitrogens with zero attached hydrogens (tertiary/aromatic N) is 1. The summed E-state index contributed by atoms with van der Waals surface area (Å²) in [6, 6.07) is 7.46. The molecule has 1 heterocycles. The second-order valence-electron chi connectivity index (χ2n) is 3.36. The summed E-state index contributed by atoms with van der Waals surface area (Å²) < 4.78 is 13.1. The van der Waals surface area contributed by atoms with E-state index >= 15 is 0 Å². The molecule has 0 fully saturated rings. The summed E-state index contributed by atoms with van der Waals surface area (Å²) in [5.41, 5.74) is -0.524. The fourth-order valence-electron chi connectivity index (χ4n) is 1.49. The first-order chi connectivity index (χ1) is 6.14. The minimum Gasteiger partial charge on any atom is -0.260 e. The molecule has 1 aliphatic heterocycles. The summed E-state index contributed by atoms with van der Waals surface area (Å²) >= 11 is 5.50. The van der Waals surface area contributed by atoms with Crippen molar-refractivity contribution in [3.05, 3.63) is 29.8 Å². The molecular weight excluding hydrogens is 189 g/mol. The third-order valence-electron chi connectivity index (χ3n) is 2.41. The smallest absolute Gasteiger partial charge is 0.187 e. The van der Waals surface area contributed by atoms with E-state index in [-0.39, 0.29) is 0 Å². The lowest BCUT2D eigenvalue weighted by molar-refractivity contribution is 0.359. The van der Waals surface area contributed by atoms with E-state index in [2.05, 4.69) is 4.99 Å². The van der Waals surface area contributed by atoms with Crippen molar-refractivity contribution in [1.82, 2.24) is 0 Å². The maximum absolute atomic E-state index is 13.1. The van der Waals surface area contributed by atoms with Gasteiger partial charge in [0.05, 0.1) is 11.1 Å². The van der Waals surface area contributed by atoms with Crippen LogP contribution in [0.25, 0.3) is 0 Å². The molecule has 0 amide bonds. The van der Waals surface area contributed by atoms with Crippen molar-refractivity contribution in [3.8, 4) is 0 Å². The fraction of sp³-hybridized carbons (Fsp3) is 0.300. The van der Waals surface area contributed by atoms with E-state index in [0.717, 1.165) is 11.3 Å². The minimum absolute atomic E-state index is 0.766. The molecule has 0 bridgehead atoms. The number of para-hydroxylation sites is 1. The van der Waals surface area contributed by atoms with Crippen LogP contribution in [-0.4, -0.2) is 11.8 Å². The van der Waals surface area contributed by atoms with Crippen LogP contribution in [-0.2, 0) is 5.41 Å². The minimum atomic E-state index is -1.43. The van der Waals surface area contributed by atoms with Crippen molar-refractivity contribution in [2.45, 2.75) is 18.0 Å². The van der Waals surface area contributed by atoms with Crippen LogP contribution >= 0.6 is 11.6 Å². The van der Waals surface area contributed by atoms with Gasteiger partial charge in [-0.05, 0) is 18.6 Å². The Bertz CT molecular complexity index is 362. The first-order valence-electron chi connectivity index (χ1n) is 4.07. The molecule has 0 aromatic heterocycles. The topological polar surface area (TPSA) is 12.4 Å². The van der Waals surface area contributed by atoms with Crippen molar-refractivity contribution >= 4 is 23.5 Å². The maximum Gasteiger partial charge on any atom is 0.187 e. The molecule has 1 aromatic rings. The Balaban J connectivity index is 2.55. The van der Waals surface area contributed by atoms with Crippen LogP contribution in [0.5, 0.6) is 0 Å². The number of rotatable bonds is 1. The molecule has 0 saturated carbocycles. The van der Waals surface area contributed by atoms with E-state index in [1.165, 1.54) is 0 Å². The first kappa shape index (κ1) is 8.70. The second kappa shape index (κ2) is 2.81. The Morgan fingerprint density at radius 3 is 2.85 bits per heavy atom. The third kappa shape index (κ3) is 1.17. The zero-order valence-corrected chi connectivity index (χ0v) is 7.92. The van der Waals surface area contributed by atoms with Gasteiger partial charge in [0, 0.05) is 6.21 Å². The van der Waals surface area contributed by atoms with Gasteiger partial charge in [0.25, 0.3) is 0 Å². The lowest BCUT2D eigenvalue weighted by atomic mass is 9.86. The lowest BCUT2D eigenvalue weighted by Crippen LogP contribution is -2.29. The number of aliphatic imine (C=N–C) groups is 1. The van der Waals surface area contributed by atoms with Crippen molar-refractivity contribution < 1.29 is 4.39 Å². The van der Waals surface area contributed by atoms with E-state index in [1.807, 2.05) is 24.3 Å². The highest BCUT2D eigenvalue weighted by molar-refractivity contribution is 6.22. The van der Waals surface area contributed by atoms with Crippen LogP contribution in [0.2, 0.25) is 0 Å². The predicted octanol–water partition coefficient (Wildman–Crippen LogP) is 3.19. The number of benzene rings is 1. The standard InChI is InChI=1S/C10H9ClFN/c1-10(9(11)12)6-13-8-5-3-2-4-7(8)10/h2-6,9H,1H3. The van der Waals surface area contributed by atoms with Gasteiger partial charge < -0.3 is 0 Å². The summed E-state index contributed by atoms with van der Waals surface area (Å²) in [5.74, 6) is 0. The molecule has 0 N–H and O–H groups in total. The zero-order chi connectivity index (χ0) is 9.47. The largest absolute Gasteiger partial charge is 0.260 e. The Kier molecular flexibility index (Phi) is 1.88. The maximum atomic E-state index is 13.1. The molecule has 1 nitrogen and oxygen atoms in total. The van der Waals surface area contributed by atoms with Gasteiger partial charge in [-0.1, -0.05) is 29.8 Å². The molecule has 3 heteroatoms. The second-order valence-corrected chi connectivity index (χ2v) is 3.74. The van der Waals surface area contributed by atoms with Crippen LogP contribution in [0, 0.1) is 0 Å². The average Bonchev–Trinajstić information content (AvgIpc) is 2.47. The summed E-state index contributed by atoms with van der Waals surface area (Å²) in [4.78, 5) is 4.12. The molecule has 0 spiro atoms. The van der Waals surface area contributed by atoms with E-state index < -0.39 is 11.0 Å². The van der Waals surface area contributed by atoms with Crippen LogP contribution < -0.4 is 0 Å². The highest BCUT2D eigenvalue weighted by Gasteiger charge is 2.38. The fourth-order valence-corrected chi connectivity index (χ4v) is 1.66. The predicted molar refractivity (Wildman–Crippen MR) is 52.7 cm³/mol. The number of alkyl halides is 2. The van der Waals surface area contributed by atoms with Crippen LogP contribution in [0.4, 0.5) is 10.1 Å². The summed E-state index contributed by atoms with van der Waals surface area (Å²) in [7, 11) is 0. The Hall–Kier alpha value is -0.890. The Morgan fingerprint density at radius 2 is 2.15 bits per heavy atom. The lowest BCUT2D eigenvalue weighted by Gasteiger charge is -2.21. The Morgan fingerprint density at radius 1 is 1.46 bits per heavy atom. The van der Waals surface area contributed by atoms with Crippen molar-refractivity contribution in [2.75, 3.05) is 0 Å². The number of hydrogen-bond acceptors (Lipinski definition) is 1. The quantitative estimate of drug-likeness (QED) is 0.614. The van der Waals surface area contributed by atoms with Crippen LogP contribution in [0.3, 0.4) is 0 Å². The molecule has 2 rings (SSSR count). The molecule has 2 atom stereocenters. The molecule has 2 unspecified atom stereocenters. The van der Waals surface area contributed by atoms with Crippen molar-refractivity contribution in [3.63, 3.8) is 0 Å². The van der Waals surface area contributed by atoms with Gasteiger partial charge in [0.1, 0.15) is 0 Å². The van der Waals surface area contributed by atoms with Gasteiger partial charge >= 0.3 is 0 Å². The molecular formula is C10H9ClFN. The SMILES string of the molecule is CC1(C(F)Cl)C=Nc2ccccc21. The zero-order valence-electron chi connectivity index (χ0n) is 7.17. The van der Waals surface area contributed by atoms with Gasteiger partial charge in [-0.3, -0.25) is 4.99 Å².